The largest absolute Gasteiger partial charge is 0.461 e. The normalized spacial score (nSPS) is 21.9. The minimum absolute atomic E-state index is 0.0185. The molecule has 0 N–H and O–H groups in total. The molecule has 1 aliphatic rings. The minimum Gasteiger partial charge on any atom is -0.403 e. The van der Waals surface area contributed by atoms with Crippen LogP contribution in [0.4, 0.5) is 0 Å². The van der Waals surface area contributed by atoms with E-state index < -0.39 is 0 Å². The Morgan fingerprint density at radius 1 is 0.875 bits per heavy atom. The smallest absolute Gasteiger partial charge is 0.403 e. The van der Waals surface area contributed by atoms with E-state index in [-0.39, 0.29) is 18.3 Å². The van der Waals surface area contributed by atoms with Crippen LogP contribution in [0.15, 0.2) is 0 Å². The Morgan fingerprint density at radius 2 is 1.19 bits per heavy atom. The first-order chi connectivity index (χ1) is 7.34. The lowest BCUT2D eigenvalue weighted by atomic mass is 9.69. The average molecular weight is 228 g/mol. The first-order valence-corrected chi connectivity index (χ1v) is 6.69. The van der Waals surface area contributed by atoms with Gasteiger partial charge in [0.1, 0.15) is 0 Å². The Hall–Kier alpha value is -0.0151. The second-order valence-corrected chi connectivity index (χ2v) is 5.20. The molecule has 0 unspecified atom stereocenters. The van der Waals surface area contributed by atoms with Gasteiger partial charge in [-0.15, -0.1) is 0 Å². The van der Waals surface area contributed by atoms with Gasteiger partial charge in [-0.1, -0.05) is 40.5 Å². The molecule has 0 radical (unpaired) electrons. The van der Waals surface area contributed by atoms with Crippen molar-refractivity contribution in [2.75, 3.05) is 0 Å². The average Bonchev–Trinajstić information content (AvgIpc) is 2.41. The molecular weight excluding hydrogens is 199 g/mol. The molecule has 0 aliphatic carbocycles. The van der Waals surface area contributed by atoms with E-state index in [1.165, 1.54) is 0 Å². The van der Waals surface area contributed by atoms with E-state index in [0.29, 0.717) is 5.82 Å². The number of hydrogen-bond donors (Lipinski definition) is 0. The molecule has 2 nitrogen and oxygen atoms in total. The van der Waals surface area contributed by atoms with Crippen molar-refractivity contribution in [1.82, 2.24) is 0 Å². The summed E-state index contributed by atoms with van der Waals surface area (Å²) in [6.07, 6.45) is 2.24. The molecule has 0 bridgehead atoms. The highest BCUT2D eigenvalue weighted by molar-refractivity contribution is 6.47. The summed E-state index contributed by atoms with van der Waals surface area (Å²) < 4.78 is 12.0. The lowest BCUT2D eigenvalue weighted by molar-refractivity contribution is 0.00578. The highest BCUT2D eigenvalue weighted by Crippen LogP contribution is 2.41. The molecule has 1 heterocycles. The van der Waals surface area contributed by atoms with Crippen LogP contribution in [0, 0.1) is 0 Å². The zero-order valence-corrected chi connectivity index (χ0v) is 12.4. The molecule has 0 atom stereocenters. The Morgan fingerprint density at radius 3 is 1.44 bits per heavy atom. The van der Waals surface area contributed by atoms with Gasteiger partial charge in [0.25, 0.3) is 0 Å². The van der Waals surface area contributed by atoms with Crippen LogP contribution in [0.2, 0.25) is 5.82 Å². The van der Waals surface area contributed by atoms with Gasteiger partial charge < -0.3 is 9.31 Å². The molecule has 3 heteroatoms. The van der Waals surface area contributed by atoms with Crippen LogP contribution in [0.25, 0.3) is 0 Å². The van der Waals surface area contributed by atoms with Crippen molar-refractivity contribution in [2.45, 2.75) is 85.3 Å². The summed E-state index contributed by atoms with van der Waals surface area (Å²) in [4.78, 5) is 0. The van der Waals surface area contributed by atoms with Crippen LogP contribution in [-0.4, -0.2) is 18.3 Å². The second-order valence-electron chi connectivity index (χ2n) is 5.20. The summed E-state index contributed by atoms with van der Waals surface area (Å²) in [5.41, 5.74) is -0.361. The molecule has 0 amide bonds. The summed E-state index contributed by atoms with van der Waals surface area (Å²) >= 11 is 0. The van der Waals surface area contributed by atoms with E-state index in [0.717, 1.165) is 12.8 Å². The number of rotatable bonds is 3. The van der Waals surface area contributed by atoms with E-state index in [2.05, 4.69) is 41.5 Å². The van der Waals surface area contributed by atoms with Gasteiger partial charge in [0, 0.05) is 0 Å². The van der Waals surface area contributed by atoms with Crippen LogP contribution >= 0.6 is 0 Å². The van der Waals surface area contributed by atoms with E-state index >= 15 is 0 Å². The molecular formula is C13H29BO2. The van der Waals surface area contributed by atoms with Gasteiger partial charge >= 0.3 is 7.12 Å². The fourth-order valence-corrected chi connectivity index (χ4v) is 1.75. The summed E-state index contributed by atoms with van der Waals surface area (Å²) in [7, 11) is -0.0185. The molecule has 0 aromatic rings. The summed E-state index contributed by atoms with van der Waals surface area (Å²) in [6, 6.07) is 0. The number of hydrogen-bond acceptors (Lipinski definition) is 2. The predicted molar refractivity (Wildman–Crippen MR) is 71.8 cm³/mol. The summed E-state index contributed by atoms with van der Waals surface area (Å²) in [5, 5.41) is 0. The van der Waals surface area contributed by atoms with Gasteiger partial charge in [-0.25, -0.2) is 0 Å². The third-order valence-corrected chi connectivity index (χ3v) is 3.71. The third-order valence-electron chi connectivity index (χ3n) is 3.71. The fourth-order valence-electron chi connectivity index (χ4n) is 1.75. The standard InChI is InChI=1S/C11H23BO2.C2H6/c1-7-9(8-2)12-13-10(3,4)11(5,6)14-12;1-2/h9H,7-8H2,1-6H3;1-2H3. The van der Waals surface area contributed by atoms with Crippen molar-refractivity contribution >= 4 is 7.12 Å². The van der Waals surface area contributed by atoms with E-state index in [1.54, 1.807) is 0 Å². The highest BCUT2D eigenvalue weighted by Gasteiger charge is 2.52. The van der Waals surface area contributed by atoms with Gasteiger partial charge in [0.15, 0.2) is 0 Å². The van der Waals surface area contributed by atoms with Crippen LogP contribution in [0.1, 0.15) is 68.2 Å². The molecule has 0 spiro atoms. The molecule has 1 aliphatic heterocycles. The predicted octanol–water partition coefficient (Wildman–Crippen LogP) is 4.30. The maximum Gasteiger partial charge on any atom is 0.461 e. The molecule has 16 heavy (non-hydrogen) atoms. The molecule has 0 saturated carbocycles. The van der Waals surface area contributed by atoms with Crippen molar-refractivity contribution < 1.29 is 9.31 Å². The van der Waals surface area contributed by atoms with Crippen molar-refractivity contribution in [3.05, 3.63) is 0 Å². The van der Waals surface area contributed by atoms with Gasteiger partial charge in [0.2, 0.25) is 0 Å². The molecule has 1 fully saturated rings. The lowest BCUT2D eigenvalue weighted by Gasteiger charge is -2.32. The van der Waals surface area contributed by atoms with Gasteiger partial charge in [-0.3, -0.25) is 0 Å². The quantitative estimate of drug-likeness (QED) is 0.670. The molecule has 1 rings (SSSR count). The van der Waals surface area contributed by atoms with Crippen molar-refractivity contribution in [1.29, 1.82) is 0 Å². The monoisotopic (exact) mass is 228 g/mol. The van der Waals surface area contributed by atoms with E-state index in [1.807, 2.05) is 13.8 Å². The first kappa shape index (κ1) is 16.0. The maximum absolute atomic E-state index is 5.99. The Kier molecular flexibility index (Phi) is 6.06. The summed E-state index contributed by atoms with van der Waals surface area (Å²) in [6.45, 7) is 16.8. The Labute approximate surface area is 102 Å². The Bertz CT molecular complexity index is 182. The van der Waals surface area contributed by atoms with Crippen LogP contribution in [0.3, 0.4) is 0 Å². The third kappa shape index (κ3) is 3.24. The van der Waals surface area contributed by atoms with Crippen molar-refractivity contribution in [2.24, 2.45) is 0 Å². The molecule has 0 aromatic heterocycles. The zero-order valence-electron chi connectivity index (χ0n) is 12.4. The maximum atomic E-state index is 5.99. The van der Waals surface area contributed by atoms with Crippen LogP contribution in [-0.2, 0) is 9.31 Å². The van der Waals surface area contributed by atoms with Crippen LogP contribution in [0.5, 0.6) is 0 Å². The van der Waals surface area contributed by atoms with E-state index in [9.17, 15) is 0 Å². The molecule has 1 saturated heterocycles. The van der Waals surface area contributed by atoms with Crippen molar-refractivity contribution in [3.63, 3.8) is 0 Å². The highest BCUT2D eigenvalue weighted by atomic mass is 16.7. The van der Waals surface area contributed by atoms with Gasteiger partial charge in [-0.2, -0.15) is 0 Å². The lowest BCUT2D eigenvalue weighted by Crippen LogP contribution is -2.41. The second kappa shape index (κ2) is 6.06. The fraction of sp³-hybridized carbons (Fsp3) is 1.00. The summed E-state index contributed by atoms with van der Waals surface area (Å²) in [5.74, 6) is 0.524. The van der Waals surface area contributed by atoms with Gasteiger partial charge in [-0.05, 0) is 33.5 Å². The molecule has 0 aromatic carbocycles. The SMILES string of the molecule is CC.CCC(CC)B1OC(C)(C)C(C)(C)O1. The Balaban J connectivity index is 0.00000106. The topological polar surface area (TPSA) is 18.5 Å². The van der Waals surface area contributed by atoms with E-state index in [4.69, 9.17) is 9.31 Å². The van der Waals surface area contributed by atoms with Crippen molar-refractivity contribution in [3.8, 4) is 0 Å². The van der Waals surface area contributed by atoms with Gasteiger partial charge in [0.05, 0.1) is 11.2 Å². The minimum atomic E-state index is -0.180. The first-order valence-electron chi connectivity index (χ1n) is 6.69. The molecule has 96 valence electrons. The van der Waals surface area contributed by atoms with Crippen LogP contribution < -0.4 is 0 Å². The zero-order chi connectivity index (χ0) is 13.0.